The number of nitrogens with zero attached hydrogens (tertiary/aromatic N) is 5. The number of pyridine rings is 2. The number of benzene rings is 5. The highest BCUT2D eigenvalue weighted by Crippen LogP contribution is 2.49. The molecule has 10 rings (SSSR count). The lowest BCUT2D eigenvalue weighted by Gasteiger charge is -2.15. The van der Waals surface area contributed by atoms with Crippen molar-refractivity contribution in [3.63, 3.8) is 0 Å². The standard InChI is InChI=1S/C38H23N5/c1-3-11-24(12-4-1)42-30-17-9-7-15-26(30)32-35-33(28-23-39-20-19-29(28)41-22-21-40-38(35)41)37-34(36(32)42)27-16-8-10-18-31(27)43(37)25-13-5-2-6-14-25/h1-23H. The summed E-state index contributed by atoms with van der Waals surface area (Å²) in [6.45, 7) is 0. The van der Waals surface area contributed by atoms with Gasteiger partial charge in [-0.3, -0.25) is 9.38 Å². The molecule has 0 radical (unpaired) electrons. The maximum atomic E-state index is 5.02. The van der Waals surface area contributed by atoms with Gasteiger partial charge in [0, 0.05) is 73.9 Å². The molecule has 0 saturated carbocycles. The molecule has 5 aromatic carbocycles. The third-order valence-corrected chi connectivity index (χ3v) is 8.94. The maximum absolute atomic E-state index is 5.02. The van der Waals surface area contributed by atoms with Crippen LogP contribution >= 0.6 is 0 Å². The highest BCUT2D eigenvalue weighted by molar-refractivity contribution is 6.41. The summed E-state index contributed by atoms with van der Waals surface area (Å²) < 4.78 is 7.10. The van der Waals surface area contributed by atoms with Crippen molar-refractivity contribution >= 4 is 70.9 Å². The Labute approximate surface area is 245 Å². The molecule has 0 aliphatic heterocycles. The summed E-state index contributed by atoms with van der Waals surface area (Å²) in [4.78, 5) is 9.69. The first kappa shape index (κ1) is 22.7. The van der Waals surface area contributed by atoms with E-state index in [1.54, 1.807) is 0 Å². The number of rotatable bonds is 2. The molecule has 43 heavy (non-hydrogen) atoms. The van der Waals surface area contributed by atoms with Gasteiger partial charge in [-0.15, -0.1) is 0 Å². The monoisotopic (exact) mass is 549 g/mol. The molecular weight excluding hydrogens is 526 g/mol. The van der Waals surface area contributed by atoms with Crippen LogP contribution in [0.1, 0.15) is 0 Å². The van der Waals surface area contributed by atoms with Gasteiger partial charge in [-0.25, -0.2) is 4.98 Å². The van der Waals surface area contributed by atoms with Gasteiger partial charge in [0.15, 0.2) is 0 Å². The number of fused-ring (bicyclic) bond motifs is 15. The second kappa shape index (κ2) is 8.30. The zero-order valence-corrected chi connectivity index (χ0v) is 23.0. The molecule has 0 N–H and O–H groups in total. The molecule has 0 fully saturated rings. The van der Waals surface area contributed by atoms with Crippen molar-refractivity contribution in [3.05, 3.63) is 140 Å². The lowest BCUT2D eigenvalue weighted by Crippen LogP contribution is -1.99. The van der Waals surface area contributed by atoms with Gasteiger partial charge in [0.1, 0.15) is 5.65 Å². The van der Waals surface area contributed by atoms with Crippen molar-refractivity contribution in [1.82, 2.24) is 23.5 Å². The SMILES string of the molecule is c1ccc(-n2c3ccccc3c3c4c(c5cnccc5n5ccnc45)c4c(c5ccccc5n4-c4ccccc4)c32)cc1. The molecule has 200 valence electrons. The summed E-state index contributed by atoms with van der Waals surface area (Å²) in [5.41, 5.74) is 8.98. The smallest absolute Gasteiger partial charge is 0.145 e. The number of para-hydroxylation sites is 4. The quantitative estimate of drug-likeness (QED) is 0.202. The highest BCUT2D eigenvalue weighted by atomic mass is 15.0. The highest BCUT2D eigenvalue weighted by Gasteiger charge is 2.27. The minimum absolute atomic E-state index is 0.946. The molecule has 5 heteroatoms. The van der Waals surface area contributed by atoms with Crippen molar-refractivity contribution < 1.29 is 0 Å². The van der Waals surface area contributed by atoms with Crippen LogP contribution in [0.5, 0.6) is 0 Å². The van der Waals surface area contributed by atoms with Crippen LogP contribution in [0, 0.1) is 0 Å². The van der Waals surface area contributed by atoms with E-state index < -0.39 is 0 Å². The number of imidazole rings is 1. The average Bonchev–Trinajstić information content (AvgIpc) is 3.78. The fraction of sp³-hybridized carbons (Fsp3) is 0. The maximum Gasteiger partial charge on any atom is 0.145 e. The van der Waals surface area contributed by atoms with Gasteiger partial charge in [-0.1, -0.05) is 72.8 Å². The summed E-state index contributed by atoms with van der Waals surface area (Å²) in [6, 6.07) is 41.1. The molecule has 0 bridgehead atoms. The zero-order valence-electron chi connectivity index (χ0n) is 23.0. The van der Waals surface area contributed by atoms with E-state index in [9.17, 15) is 0 Å². The molecule has 0 aliphatic rings. The molecule has 5 heterocycles. The van der Waals surface area contributed by atoms with Crippen LogP contribution in [0.25, 0.3) is 82.3 Å². The van der Waals surface area contributed by atoms with Gasteiger partial charge in [0.05, 0.1) is 27.6 Å². The van der Waals surface area contributed by atoms with E-state index in [1.807, 2.05) is 18.6 Å². The summed E-state index contributed by atoms with van der Waals surface area (Å²) in [7, 11) is 0. The molecule has 0 atom stereocenters. The van der Waals surface area contributed by atoms with E-state index in [2.05, 4.69) is 140 Å². The van der Waals surface area contributed by atoms with Gasteiger partial charge < -0.3 is 9.13 Å². The first-order valence-electron chi connectivity index (χ1n) is 14.5. The molecule has 10 aromatic rings. The van der Waals surface area contributed by atoms with Crippen LogP contribution in [-0.2, 0) is 0 Å². The van der Waals surface area contributed by atoms with Crippen LogP contribution in [0.3, 0.4) is 0 Å². The van der Waals surface area contributed by atoms with Crippen LogP contribution in [-0.4, -0.2) is 23.5 Å². The topological polar surface area (TPSA) is 40.1 Å². The van der Waals surface area contributed by atoms with E-state index >= 15 is 0 Å². The third-order valence-electron chi connectivity index (χ3n) is 8.94. The van der Waals surface area contributed by atoms with Crippen molar-refractivity contribution in [1.29, 1.82) is 0 Å². The van der Waals surface area contributed by atoms with Crippen molar-refractivity contribution in [2.24, 2.45) is 0 Å². The Kier molecular flexibility index (Phi) is 4.39. The molecule has 0 unspecified atom stereocenters. The third kappa shape index (κ3) is 2.85. The Balaban J connectivity index is 1.66. The lowest BCUT2D eigenvalue weighted by atomic mass is 9.97. The van der Waals surface area contributed by atoms with Crippen LogP contribution < -0.4 is 0 Å². The molecular formula is C38H23N5. The van der Waals surface area contributed by atoms with E-state index in [0.29, 0.717) is 0 Å². The Morgan fingerprint density at radius 3 is 1.65 bits per heavy atom. The Morgan fingerprint density at radius 1 is 0.442 bits per heavy atom. The van der Waals surface area contributed by atoms with Crippen LogP contribution in [0.2, 0.25) is 0 Å². The Bertz CT molecular complexity index is 2710. The van der Waals surface area contributed by atoms with Gasteiger partial charge >= 0.3 is 0 Å². The number of aromatic nitrogens is 5. The van der Waals surface area contributed by atoms with Crippen molar-refractivity contribution in [2.45, 2.75) is 0 Å². The van der Waals surface area contributed by atoms with E-state index in [0.717, 1.165) is 33.3 Å². The number of hydrogen-bond acceptors (Lipinski definition) is 2. The van der Waals surface area contributed by atoms with Crippen LogP contribution in [0.4, 0.5) is 0 Å². The van der Waals surface area contributed by atoms with Crippen LogP contribution in [0.15, 0.2) is 140 Å². The zero-order chi connectivity index (χ0) is 28.1. The summed E-state index contributed by atoms with van der Waals surface area (Å²) >= 11 is 0. The van der Waals surface area contributed by atoms with Gasteiger partial charge in [0.25, 0.3) is 0 Å². The molecule has 0 amide bonds. The summed E-state index contributed by atoms with van der Waals surface area (Å²) in [6.07, 6.45) is 7.87. The van der Waals surface area contributed by atoms with Gasteiger partial charge in [-0.05, 0) is 42.5 Å². The predicted molar refractivity (Wildman–Crippen MR) is 177 cm³/mol. The normalized spacial score (nSPS) is 12.2. The fourth-order valence-electron chi connectivity index (χ4n) is 7.34. The largest absolute Gasteiger partial charge is 0.309 e. The van der Waals surface area contributed by atoms with Gasteiger partial charge in [-0.2, -0.15) is 0 Å². The lowest BCUT2D eigenvalue weighted by molar-refractivity contribution is 1.18. The minimum atomic E-state index is 0.946. The first-order chi connectivity index (χ1) is 21.4. The molecule has 5 aromatic heterocycles. The first-order valence-corrected chi connectivity index (χ1v) is 14.5. The second-order valence-corrected chi connectivity index (χ2v) is 11.1. The van der Waals surface area contributed by atoms with Crippen molar-refractivity contribution in [2.75, 3.05) is 0 Å². The molecule has 5 nitrogen and oxygen atoms in total. The van der Waals surface area contributed by atoms with E-state index in [1.165, 1.54) is 49.0 Å². The molecule has 0 spiro atoms. The summed E-state index contributed by atoms with van der Waals surface area (Å²) in [5, 5.41) is 8.26. The average molecular weight is 550 g/mol. The Morgan fingerprint density at radius 2 is 1.00 bits per heavy atom. The van der Waals surface area contributed by atoms with E-state index in [4.69, 9.17) is 4.98 Å². The minimum Gasteiger partial charge on any atom is -0.309 e. The van der Waals surface area contributed by atoms with Crippen molar-refractivity contribution in [3.8, 4) is 11.4 Å². The molecule has 0 saturated heterocycles. The molecule has 0 aliphatic carbocycles. The Hall–Kier alpha value is -5.94. The fourth-order valence-corrected chi connectivity index (χ4v) is 7.34. The number of hydrogen-bond donors (Lipinski definition) is 0. The predicted octanol–water partition coefficient (Wildman–Crippen LogP) is 9.23. The second-order valence-electron chi connectivity index (χ2n) is 11.1. The summed E-state index contributed by atoms with van der Waals surface area (Å²) in [5.74, 6) is 0. The van der Waals surface area contributed by atoms with E-state index in [-0.39, 0.29) is 0 Å². The van der Waals surface area contributed by atoms with Gasteiger partial charge in [0.2, 0.25) is 0 Å².